The first-order valence-corrected chi connectivity index (χ1v) is 8.03. The molecule has 1 unspecified atom stereocenters. The minimum atomic E-state index is -0.410. The highest BCUT2D eigenvalue weighted by Crippen LogP contribution is 2.29. The Kier molecular flexibility index (Phi) is 4.60. The van der Waals surface area contributed by atoms with Crippen LogP contribution in [0.4, 0.5) is 15.8 Å². The Bertz CT molecular complexity index is 758. The van der Waals surface area contributed by atoms with E-state index >= 15 is 0 Å². The molecule has 124 valence electrons. The predicted octanol–water partition coefficient (Wildman–Crippen LogP) is 3.38. The molecule has 4 nitrogen and oxygen atoms in total. The van der Waals surface area contributed by atoms with Gasteiger partial charge in [-0.3, -0.25) is 9.59 Å². The molecule has 5 heteroatoms. The molecule has 0 aromatic heterocycles. The number of carbonyl (C=O) groups excluding carboxylic acids is 2. The minimum absolute atomic E-state index is 0.0462. The molecule has 1 fully saturated rings. The van der Waals surface area contributed by atoms with Crippen LogP contribution in [0.2, 0.25) is 0 Å². The second kappa shape index (κ2) is 6.83. The second-order valence-electron chi connectivity index (χ2n) is 5.88. The van der Waals surface area contributed by atoms with E-state index in [1.54, 1.807) is 4.90 Å². The number of halogens is 1. The molecule has 0 spiro atoms. The Morgan fingerprint density at radius 3 is 2.62 bits per heavy atom. The van der Waals surface area contributed by atoms with Crippen molar-refractivity contribution in [2.45, 2.75) is 19.8 Å². The molecule has 3 rings (SSSR count). The first kappa shape index (κ1) is 16.2. The fourth-order valence-electron chi connectivity index (χ4n) is 2.97. The van der Waals surface area contributed by atoms with Gasteiger partial charge in [0, 0.05) is 24.3 Å². The highest BCUT2D eigenvalue weighted by molar-refractivity contribution is 6.03. The molecule has 0 radical (unpaired) electrons. The van der Waals surface area contributed by atoms with E-state index in [0.717, 1.165) is 17.7 Å². The van der Waals surface area contributed by atoms with E-state index < -0.39 is 5.92 Å². The van der Waals surface area contributed by atoms with Crippen LogP contribution in [0.15, 0.2) is 48.5 Å². The van der Waals surface area contributed by atoms with Crippen LogP contribution in [0.3, 0.4) is 0 Å². The van der Waals surface area contributed by atoms with Gasteiger partial charge in [0.25, 0.3) is 0 Å². The molecule has 1 aliphatic rings. The van der Waals surface area contributed by atoms with Gasteiger partial charge in [0.15, 0.2) is 0 Å². The summed E-state index contributed by atoms with van der Waals surface area (Å²) in [4.78, 5) is 26.4. The number of hydrogen-bond acceptors (Lipinski definition) is 2. The van der Waals surface area contributed by atoms with Crippen molar-refractivity contribution in [2.24, 2.45) is 5.92 Å². The summed E-state index contributed by atoms with van der Waals surface area (Å²) < 4.78 is 12.9. The Morgan fingerprint density at radius 2 is 1.92 bits per heavy atom. The predicted molar refractivity (Wildman–Crippen MR) is 91.3 cm³/mol. The average molecular weight is 326 g/mol. The van der Waals surface area contributed by atoms with Crippen LogP contribution in [-0.4, -0.2) is 18.4 Å². The van der Waals surface area contributed by atoms with Gasteiger partial charge in [-0.25, -0.2) is 4.39 Å². The summed E-state index contributed by atoms with van der Waals surface area (Å²) in [5.74, 6) is -1.03. The molecule has 1 atom stereocenters. The molecule has 2 aromatic carbocycles. The van der Waals surface area contributed by atoms with Crippen molar-refractivity contribution in [3.8, 4) is 0 Å². The van der Waals surface area contributed by atoms with E-state index in [1.807, 2.05) is 31.2 Å². The van der Waals surface area contributed by atoms with Crippen LogP contribution in [0, 0.1) is 11.7 Å². The van der Waals surface area contributed by atoms with Crippen LogP contribution >= 0.6 is 0 Å². The molecule has 1 N–H and O–H groups in total. The summed E-state index contributed by atoms with van der Waals surface area (Å²) >= 11 is 0. The monoisotopic (exact) mass is 326 g/mol. The Balaban J connectivity index is 1.72. The third kappa shape index (κ3) is 3.30. The molecule has 1 aliphatic heterocycles. The van der Waals surface area contributed by atoms with Crippen molar-refractivity contribution in [3.63, 3.8) is 0 Å². The standard InChI is InChI=1S/C19H19FN2O2/c1-2-13-5-3-4-6-17(13)22-12-14(11-18(22)23)19(24)21-16-9-7-15(20)8-10-16/h3-10,14H,2,11-12H2,1H3,(H,21,24). The van der Waals surface area contributed by atoms with Crippen LogP contribution in [0.25, 0.3) is 0 Å². The molecule has 1 heterocycles. The van der Waals surface area contributed by atoms with Gasteiger partial charge in [-0.1, -0.05) is 25.1 Å². The van der Waals surface area contributed by atoms with Crippen molar-refractivity contribution in [2.75, 3.05) is 16.8 Å². The quantitative estimate of drug-likeness (QED) is 0.936. The lowest BCUT2D eigenvalue weighted by atomic mass is 10.1. The third-order valence-electron chi connectivity index (χ3n) is 4.27. The van der Waals surface area contributed by atoms with Crippen molar-refractivity contribution in [1.82, 2.24) is 0 Å². The number of nitrogens with one attached hydrogen (secondary N) is 1. The largest absolute Gasteiger partial charge is 0.326 e. The summed E-state index contributed by atoms with van der Waals surface area (Å²) in [5.41, 5.74) is 2.49. The molecular weight excluding hydrogens is 307 g/mol. The first-order valence-electron chi connectivity index (χ1n) is 8.03. The molecule has 2 amide bonds. The van der Waals surface area contributed by atoms with E-state index in [0.29, 0.717) is 12.2 Å². The Morgan fingerprint density at radius 1 is 1.21 bits per heavy atom. The summed E-state index contributed by atoms with van der Waals surface area (Å²) in [6.45, 7) is 2.40. The summed E-state index contributed by atoms with van der Waals surface area (Å²) in [7, 11) is 0. The molecular formula is C19H19FN2O2. The molecule has 0 saturated carbocycles. The summed E-state index contributed by atoms with van der Waals surface area (Å²) in [6, 6.07) is 13.3. The second-order valence-corrected chi connectivity index (χ2v) is 5.88. The highest BCUT2D eigenvalue weighted by atomic mass is 19.1. The van der Waals surface area contributed by atoms with Crippen LogP contribution < -0.4 is 10.2 Å². The Hall–Kier alpha value is -2.69. The fourth-order valence-corrected chi connectivity index (χ4v) is 2.97. The topological polar surface area (TPSA) is 49.4 Å². The van der Waals surface area contributed by atoms with E-state index in [-0.39, 0.29) is 24.1 Å². The number of para-hydroxylation sites is 1. The summed E-state index contributed by atoms with van der Waals surface area (Å²) in [5, 5.41) is 2.75. The normalized spacial score (nSPS) is 17.2. The van der Waals surface area contributed by atoms with Crippen molar-refractivity contribution in [3.05, 3.63) is 59.9 Å². The SMILES string of the molecule is CCc1ccccc1N1CC(C(=O)Nc2ccc(F)cc2)CC1=O. The molecule has 0 aliphatic carbocycles. The zero-order valence-electron chi connectivity index (χ0n) is 13.5. The van der Waals surface area contributed by atoms with Crippen LogP contribution in [-0.2, 0) is 16.0 Å². The van der Waals surface area contributed by atoms with Gasteiger partial charge >= 0.3 is 0 Å². The van der Waals surface area contributed by atoms with Gasteiger partial charge in [0.05, 0.1) is 5.92 Å². The van der Waals surface area contributed by atoms with Crippen LogP contribution in [0.1, 0.15) is 18.9 Å². The van der Waals surface area contributed by atoms with Crippen LogP contribution in [0.5, 0.6) is 0 Å². The number of carbonyl (C=O) groups is 2. The lowest BCUT2D eigenvalue weighted by molar-refractivity contribution is -0.122. The van der Waals surface area contributed by atoms with Gasteiger partial charge in [-0.05, 0) is 42.3 Å². The maximum absolute atomic E-state index is 12.9. The smallest absolute Gasteiger partial charge is 0.229 e. The number of rotatable bonds is 4. The molecule has 1 saturated heterocycles. The van der Waals surface area contributed by atoms with E-state index in [9.17, 15) is 14.0 Å². The number of benzene rings is 2. The maximum atomic E-state index is 12.9. The van der Waals surface area contributed by atoms with E-state index in [4.69, 9.17) is 0 Å². The zero-order valence-corrected chi connectivity index (χ0v) is 13.5. The minimum Gasteiger partial charge on any atom is -0.326 e. The van der Waals surface area contributed by atoms with Gasteiger partial charge in [0.1, 0.15) is 5.82 Å². The van der Waals surface area contributed by atoms with Crippen molar-refractivity contribution in [1.29, 1.82) is 0 Å². The lowest BCUT2D eigenvalue weighted by Gasteiger charge is -2.20. The van der Waals surface area contributed by atoms with Crippen molar-refractivity contribution >= 4 is 23.2 Å². The number of nitrogens with zero attached hydrogens (tertiary/aromatic N) is 1. The zero-order chi connectivity index (χ0) is 17.1. The third-order valence-corrected chi connectivity index (χ3v) is 4.27. The fraction of sp³-hybridized carbons (Fsp3) is 0.263. The van der Waals surface area contributed by atoms with Gasteiger partial charge in [-0.2, -0.15) is 0 Å². The highest BCUT2D eigenvalue weighted by Gasteiger charge is 2.35. The molecule has 0 bridgehead atoms. The van der Waals surface area contributed by atoms with Crippen molar-refractivity contribution < 1.29 is 14.0 Å². The number of amides is 2. The van der Waals surface area contributed by atoms with E-state index in [1.165, 1.54) is 24.3 Å². The number of anilines is 2. The maximum Gasteiger partial charge on any atom is 0.229 e. The molecule has 24 heavy (non-hydrogen) atoms. The van der Waals surface area contributed by atoms with Gasteiger partial charge < -0.3 is 10.2 Å². The van der Waals surface area contributed by atoms with Gasteiger partial charge in [-0.15, -0.1) is 0 Å². The first-order chi connectivity index (χ1) is 11.6. The summed E-state index contributed by atoms with van der Waals surface area (Å²) in [6.07, 6.45) is 1.01. The molecule has 2 aromatic rings. The van der Waals surface area contributed by atoms with Gasteiger partial charge in [0.2, 0.25) is 11.8 Å². The lowest BCUT2D eigenvalue weighted by Crippen LogP contribution is -2.28. The number of aryl methyl sites for hydroxylation is 1. The van der Waals surface area contributed by atoms with E-state index in [2.05, 4.69) is 5.32 Å². The average Bonchev–Trinajstić information content (AvgIpc) is 2.98. The Labute approximate surface area is 140 Å². The number of hydrogen-bond donors (Lipinski definition) is 1.